The van der Waals surface area contributed by atoms with Crippen LogP contribution in [0.3, 0.4) is 0 Å². The molecule has 8 nitrogen and oxygen atoms in total. The van der Waals surface area contributed by atoms with Crippen LogP contribution < -0.4 is 9.80 Å². The van der Waals surface area contributed by atoms with Gasteiger partial charge in [-0.2, -0.15) is 10.4 Å². The molecule has 1 aliphatic heterocycles. The van der Waals surface area contributed by atoms with E-state index in [0.29, 0.717) is 27.7 Å². The number of hydrogen-bond acceptors (Lipinski definition) is 8. The van der Waals surface area contributed by atoms with Gasteiger partial charge in [0.25, 0.3) is 6.71 Å². The first-order chi connectivity index (χ1) is 17.4. The van der Waals surface area contributed by atoms with Crippen molar-refractivity contribution in [3.8, 4) is 23.3 Å². The highest BCUT2D eigenvalue weighted by Crippen LogP contribution is 2.38. The third-order valence-corrected chi connectivity index (χ3v) is 7.63. The molecular formula is C25H24BFN8S. The topological polar surface area (TPSA) is 97.1 Å². The minimum atomic E-state index is -0.335. The number of hydrogen-bond donors (Lipinski definition) is 0. The van der Waals surface area contributed by atoms with Crippen LogP contribution in [0.15, 0.2) is 30.3 Å². The highest BCUT2D eigenvalue weighted by molar-refractivity contribution is 7.16. The molecule has 0 N–H and O–H groups in total. The second-order valence-corrected chi connectivity index (χ2v) is 9.86. The molecule has 3 aromatic heterocycles. The molecule has 0 spiro atoms. The van der Waals surface area contributed by atoms with Crippen molar-refractivity contribution in [1.82, 2.24) is 19.6 Å². The fourth-order valence-electron chi connectivity index (χ4n) is 4.59. The second kappa shape index (κ2) is 9.59. The van der Waals surface area contributed by atoms with Crippen molar-refractivity contribution in [2.75, 3.05) is 29.9 Å². The number of nitrogens with zero attached hydrogens (tertiary/aromatic N) is 8. The van der Waals surface area contributed by atoms with E-state index in [1.54, 1.807) is 12.1 Å². The zero-order valence-corrected chi connectivity index (χ0v) is 21.2. The summed E-state index contributed by atoms with van der Waals surface area (Å²) < 4.78 is 15.3. The molecule has 0 amide bonds. The van der Waals surface area contributed by atoms with Gasteiger partial charge in [-0.3, -0.25) is 0 Å². The van der Waals surface area contributed by atoms with Gasteiger partial charge in [-0.15, -0.1) is 0 Å². The Morgan fingerprint density at radius 3 is 2.53 bits per heavy atom. The fraction of sp³-hybridized carbons (Fsp3) is 0.320. The number of nitriles is 2. The van der Waals surface area contributed by atoms with E-state index >= 15 is 0 Å². The lowest BCUT2D eigenvalue weighted by Crippen LogP contribution is -2.37. The molecule has 1 aromatic carbocycles. The number of thiazole rings is 1. The smallest absolute Gasteiger partial charge is 0.271 e. The second-order valence-electron chi connectivity index (χ2n) is 8.88. The van der Waals surface area contributed by atoms with Crippen LogP contribution in [-0.4, -0.2) is 46.4 Å². The van der Waals surface area contributed by atoms with Gasteiger partial charge in [-0.1, -0.05) is 18.3 Å². The molecule has 36 heavy (non-hydrogen) atoms. The van der Waals surface area contributed by atoms with E-state index in [1.165, 1.54) is 23.5 Å². The van der Waals surface area contributed by atoms with E-state index < -0.39 is 0 Å². The highest BCUT2D eigenvalue weighted by atomic mass is 32.1. The predicted octanol–water partition coefficient (Wildman–Crippen LogP) is 4.88. The molecule has 1 aliphatic rings. The first-order valence-corrected chi connectivity index (χ1v) is 12.7. The monoisotopic (exact) mass is 498 g/mol. The largest absolute Gasteiger partial charge is 0.358 e. The number of fused-ring (bicyclic) bond motifs is 1. The van der Waals surface area contributed by atoms with E-state index in [4.69, 9.17) is 15.1 Å². The molecule has 180 valence electrons. The third kappa shape index (κ3) is 4.16. The van der Waals surface area contributed by atoms with Gasteiger partial charge >= 0.3 is 0 Å². The Hall–Kier alpha value is -3.96. The zero-order chi connectivity index (χ0) is 25.4. The minimum absolute atomic E-state index is 0.101. The molecule has 11 heteroatoms. The van der Waals surface area contributed by atoms with Crippen LogP contribution in [0.4, 0.5) is 21.0 Å². The molecule has 0 unspecified atom stereocenters. The summed E-state index contributed by atoms with van der Waals surface area (Å²) in [6, 6.07) is 10.3. The van der Waals surface area contributed by atoms with Crippen LogP contribution in [0.1, 0.15) is 23.2 Å². The normalized spacial score (nSPS) is 13.6. The highest BCUT2D eigenvalue weighted by Gasteiger charge is 2.27. The molecular weight excluding hydrogens is 474 g/mol. The SMILES string of the molecule is CCc1nn2c(C)cc(N3CCB(C#N)CC3)nc2c1N(C)c1nc(-c2ccc(F)cc2)c(C#N)s1. The van der Waals surface area contributed by atoms with Crippen LogP contribution in [0.25, 0.3) is 16.9 Å². The zero-order valence-electron chi connectivity index (χ0n) is 20.4. The van der Waals surface area contributed by atoms with E-state index in [2.05, 4.69) is 23.9 Å². The number of aryl methyl sites for hydroxylation is 2. The number of anilines is 3. The van der Waals surface area contributed by atoms with Crippen molar-refractivity contribution in [3.05, 3.63) is 52.4 Å². The van der Waals surface area contributed by atoms with Gasteiger partial charge in [-0.05, 0) is 50.3 Å². The quantitative estimate of drug-likeness (QED) is 0.362. The summed E-state index contributed by atoms with van der Waals surface area (Å²) in [7, 11) is 1.91. The summed E-state index contributed by atoms with van der Waals surface area (Å²) in [6.45, 7) is 5.75. The van der Waals surface area contributed by atoms with Crippen LogP contribution in [0.2, 0.25) is 12.6 Å². The number of benzene rings is 1. The minimum Gasteiger partial charge on any atom is -0.358 e. The van der Waals surface area contributed by atoms with Gasteiger partial charge in [0.2, 0.25) is 0 Å². The van der Waals surface area contributed by atoms with Crippen molar-refractivity contribution in [2.24, 2.45) is 0 Å². The van der Waals surface area contributed by atoms with Crippen molar-refractivity contribution in [3.63, 3.8) is 0 Å². The average molecular weight is 498 g/mol. The summed E-state index contributed by atoms with van der Waals surface area (Å²) >= 11 is 1.29. The number of halogens is 1. The summed E-state index contributed by atoms with van der Waals surface area (Å²) in [4.78, 5) is 14.4. The Labute approximate surface area is 213 Å². The Morgan fingerprint density at radius 2 is 1.89 bits per heavy atom. The molecule has 5 rings (SSSR count). The summed E-state index contributed by atoms with van der Waals surface area (Å²) in [5.74, 6) is 2.92. The number of rotatable bonds is 5. The molecule has 4 heterocycles. The number of aromatic nitrogens is 4. The Morgan fingerprint density at radius 1 is 1.17 bits per heavy atom. The average Bonchev–Trinajstić information content (AvgIpc) is 3.51. The molecule has 0 bridgehead atoms. The summed E-state index contributed by atoms with van der Waals surface area (Å²) in [5.41, 5.74) is 4.64. The molecule has 0 aliphatic carbocycles. The Balaban J connectivity index is 1.58. The molecule has 0 radical (unpaired) electrons. The third-order valence-electron chi connectivity index (χ3n) is 6.59. The van der Waals surface area contributed by atoms with Crippen molar-refractivity contribution >= 4 is 40.3 Å². The molecule has 1 saturated heterocycles. The van der Waals surface area contributed by atoms with Crippen LogP contribution in [0, 0.1) is 35.3 Å². The van der Waals surface area contributed by atoms with Crippen molar-refractivity contribution in [2.45, 2.75) is 32.9 Å². The van der Waals surface area contributed by atoms with Crippen LogP contribution in [-0.2, 0) is 6.42 Å². The van der Waals surface area contributed by atoms with Gasteiger partial charge in [-0.25, -0.2) is 24.1 Å². The summed E-state index contributed by atoms with van der Waals surface area (Å²) in [5, 5.41) is 24.5. The lowest BCUT2D eigenvalue weighted by atomic mass is 9.45. The first-order valence-electron chi connectivity index (χ1n) is 11.9. The maximum absolute atomic E-state index is 13.4. The van der Waals surface area contributed by atoms with Crippen LogP contribution in [0.5, 0.6) is 0 Å². The van der Waals surface area contributed by atoms with Crippen LogP contribution >= 0.6 is 11.3 Å². The van der Waals surface area contributed by atoms with Crippen molar-refractivity contribution in [1.29, 1.82) is 10.5 Å². The van der Waals surface area contributed by atoms with E-state index in [1.807, 2.05) is 29.5 Å². The van der Waals surface area contributed by atoms with Gasteiger partial charge < -0.3 is 9.80 Å². The summed E-state index contributed by atoms with van der Waals surface area (Å²) in [6.07, 6.45) is 2.36. The van der Waals surface area contributed by atoms with Gasteiger partial charge in [0.05, 0.1) is 5.69 Å². The lowest BCUT2D eigenvalue weighted by Gasteiger charge is -2.29. The van der Waals surface area contributed by atoms with Gasteiger partial charge in [0, 0.05) is 43.4 Å². The van der Waals surface area contributed by atoms with E-state index in [0.717, 1.165) is 54.3 Å². The fourth-order valence-corrected chi connectivity index (χ4v) is 5.44. The van der Waals surface area contributed by atoms with Crippen molar-refractivity contribution < 1.29 is 4.39 Å². The molecule has 4 aromatic rings. The standard InChI is InChI=1S/C25H24BFN8S/c1-4-19-23(33(3)25-31-22(20(14-28)36-25)17-5-7-18(27)8-6-17)24-30-21(13-16(2)35(24)32-19)34-11-9-26(15-29)10-12-34/h5-8,13H,4,9-12H2,1-3H3. The molecule has 1 fully saturated rings. The molecule has 0 saturated carbocycles. The maximum atomic E-state index is 13.4. The maximum Gasteiger partial charge on any atom is 0.271 e. The van der Waals surface area contributed by atoms with E-state index in [-0.39, 0.29) is 12.5 Å². The van der Waals surface area contributed by atoms with Gasteiger partial charge in [0.1, 0.15) is 34.0 Å². The van der Waals surface area contributed by atoms with E-state index in [9.17, 15) is 14.9 Å². The van der Waals surface area contributed by atoms with Gasteiger partial charge in [0.15, 0.2) is 10.8 Å². The lowest BCUT2D eigenvalue weighted by molar-refractivity contribution is 0.628. The predicted molar refractivity (Wildman–Crippen MR) is 141 cm³/mol. The first kappa shape index (κ1) is 23.8. The molecule has 0 atom stereocenters. The Kier molecular flexibility index (Phi) is 6.34. The Bertz CT molecular complexity index is 1510.